The fourth-order valence-corrected chi connectivity index (χ4v) is 5.05. The molecule has 1 N–H and O–H groups in total. The number of hydrogen-bond donors (Lipinski definition) is 1. The van der Waals surface area contributed by atoms with E-state index in [9.17, 15) is 22.4 Å². The number of anilines is 1. The predicted octanol–water partition coefficient (Wildman–Crippen LogP) is 4.80. The molecule has 0 aliphatic heterocycles. The van der Waals surface area contributed by atoms with Crippen LogP contribution >= 0.6 is 11.6 Å². The molecular formula is C29H33ClFN3O4S. The number of benzene rings is 3. The first-order valence-electron chi connectivity index (χ1n) is 12.6. The molecule has 0 aliphatic rings. The molecule has 208 valence electrons. The van der Waals surface area contributed by atoms with Crippen molar-refractivity contribution in [1.82, 2.24) is 10.2 Å². The van der Waals surface area contributed by atoms with Gasteiger partial charge in [-0.3, -0.25) is 13.9 Å². The van der Waals surface area contributed by atoms with Crippen LogP contribution < -0.4 is 9.62 Å². The first kappa shape index (κ1) is 30.1. The van der Waals surface area contributed by atoms with E-state index in [1.807, 2.05) is 74.5 Å². The highest BCUT2D eigenvalue weighted by atomic mass is 35.5. The maximum Gasteiger partial charge on any atom is 0.244 e. The van der Waals surface area contributed by atoms with Crippen molar-refractivity contribution in [2.75, 3.05) is 17.1 Å². The Morgan fingerprint density at radius 3 is 2.10 bits per heavy atom. The van der Waals surface area contributed by atoms with Gasteiger partial charge in [-0.05, 0) is 42.7 Å². The van der Waals surface area contributed by atoms with Crippen LogP contribution in [-0.4, -0.2) is 50.0 Å². The quantitative estimate of drug-likeness (QED) is 0.337. The monoisotopic (exact) mass is 573 g/mol. The zero-order valence-corrected chi connectivity index (χ0v) is 23.8. The molecule has 0 spiro atoms. The summed E-state index contributed by atoms with van der Waals surface area (Å²) < 4.78 is 40.2. The number of rotatable bonds is 12. The molecule has 10 heteroatoms. The highest BCUT2D eigenvalue weighted by Gasteiger charge is 2.33. The number of carbonyl (C=O) groups excluding carboxylic acids is 2. The van der Waals surface area contributed by atoms with Crippen LogP contribution in [0.15, 0.2) is 78.9 Å². The Labute approximate surface area is 234 Å². The van der Waals surface area contributed by atoms with Gasteiger partial charge in [0.2, 0.25) is 21.8 Å². The SMILES string of the molecule is CC[C@H](C)NC(=O)[C@@H](Cc1ccccc1)N(Cc1ccccc1)C(=O)CN(c1ccc(F)c(Cl)c1)S(C)(=O)=O. The maximum absolute atomic E-state index is 14.0. The van der Waals surface area contributed by atoms with E-state index in [0.29, 0.717) is 6.42 Å². The molecule has 3 rings (SSSR count). The summed E-state index contributed by atoms with van der Waals surface area (Å²) in [6, 6.07) is 20.9. The van der Waals surface area contributed by atoms with E-state index in [1.165, 1.54) is 11.0 Å². The first-order chi connectivity index (χ1) is 18.5. The topological polar surface area (TPSA) is 86.8 Å². The van der Waals surface area contributed by atoms with Crippen LogP contribution in [0, 0.1) is 5.82 Å². The minimum absolute atomic E-state index is 0.0422. The summed E-state index contributed by atoms with van der Waals surface area (Å²) >= 11 is 5.91. The van der Waals surface area contributed by atoms with Gasteiger partial charge in [0.15, 0.2) is 0 Å². The summed E-state index contributed by atoms with van der Waals surface area (Å²) in [6.07, 6.45) is 1.88. The Hall–Kier alpha value is -3.43. The lowest BCUT2D eigenvalue weighted by Gasteiger charge is -2.34. The number of sulfonamides is 1. The summed E-state index contributed by atoms with van der Waals surface area (Å²) in [5.74, 6) is -1.64. The summed E-state index contributed by atoms with van der Waals surface area (Å²) in [5.41, 5.74) is 1.66. The molecule has 3 aromatic carbocycles. The Kier molecular flexibility index (Phi) is 10.5. The fourth-order valence-electron chi connectivity index (χ4n) is 4.03. The van der Waals surface area contributed by atoms with Crippen molar-refractivity contribution in [3.8, 4) is 0 Å². The van der Waals surface area contributed by atoms with E-state index in [2.05, 4.69) is 5.32 Å². The zero-order chi connectivity index (χ0) is 28.6. The molecule has 0 aliphatic carbocycles. The molecule has 7 nitrogen and oxygen atoms in total. The number of nitrogens with zero attached hydrogens (tertiary/aromatic N) is 2. The fraction of sp³-hybridized carbons (Fsp3) is 0.310. The molecule has 39 heavy (non-hydrogen) atoms. The Morgan fingerprint density at radius 2 is 1.56 bits per heavy atom. The van der Waals surface area contributed by atoms with E-state index in [1.54, 1.807) is 0 Å². The van der Waals surface area contributed by atoms with E-state index < -0.39 is 34.3 Å². The third-order valence-corrected chi connectivity index (χ3v) is 7.77. The zero-order valence-electron chi connectivity index (χ0n) is 22.2. The van der Waals surface area contributed by atoms with Gasteiger partial charge in [-0.1, -0.05) is 79.2 Å². The third-order valence-electron chi connectivity index (χ3n) is 6.34. The van der Waals surface area contributed by atoms with Crippen molar-refractivity contribution in [3.63, 3.8) is 0 Å². The second-order valence-corrected chi connectivity index (χ2v) is 11.7. The molecule has 0 unspecified atom stereocenters. The Balaban J connectivity index is 2.05. The van der Waals surface area contributed by atoms with Crippen molar-refractivity contribution in [3.05, 3.63) is 101 Å². The standard InChI is InChI=1S/C29H33ClFN3O4S/c1-4-21(2)32-29(36)27(17-22-11-7-5-8-12-22)33(19-23-13-9-6-10-14-23)28(35)20-34(39(3,37)38)24-15-16-26(31)25(30)18-24/h5-16,18,21,27H,4,17,19-20H2,1-3H3,(H,32,36)/t21-,27+/m0/s1. The molecule has 0 saturated heterocycles. The number of halogens is 2. The number of amides is 2. The first-order valence-corrected chi connectivity index (χ1v) is 14.8. The molecule has 0 bridgehead atoms. The van der Waals surface area contributed by atoms with Gasteiger partial charge in [0.05, 0.1) is 17.0 Å². The average molecular weight is 574 g/mol. The number of carbonyl (C=O) groups is 2. The van der Waals surface area contributed by atoms with E-state index in [0.717, 1.165) is 33.8 Å². The van der Waals surface area contributed by atoms with Crippen molar-refractivity contribution in [2.24, 2.45) is 0 Å². The number of hydrogen-bond acceptors (Lipinski definition) is 4. The van der Waals surface area contributed by atoms with Crippen molar-refractivity contribution >= 4 is 39.1 Å². The second-order valence-electron chi connectivity index (χ2n) is 9.40. The molecule has 0 radical (unpaired) electrons. The van der Waals surface area contributed by atoms with Crippen LogP contribution in [-0.2, 0) is 32.6 Å². The Morgan fingerprint density at radius 1 is 0.974 bits per heavy atom. The molecule has 2 amide bonds. The van der Waals surface area contributed by atoms with E-state index in [-0.39, 0.29) is 35.6 Å². The van der Waals surface area contributed by atoms with Crippen LogP contribution in [0.25, 0.3) is 0 Å². The minimum Gasteiger partial charge on any atom is -0.352 e. The summed E-state index contributed by atoms with van der Waals surface area (Å²) in [5, 5.41) is 2.70. The lowest BCUT2D eigenvalue weighted by atomic mass is 10.0. The highest BCUT2D eigenvalue weighted by molar-refractivity contribution is 7.92. The molecule has 0 aromatic heterocycles. The van der Waals surface area contributed by atoms with Gasteiger partial charge in [0.25, 0.3) is 0 Å². The smallest absolute Gasteiger partial charge is 0.244 e. The number of nitrogens with one attached hydrogen (secondary N) is 1. The molecular weight excluding hydrogens is 541 g/mol. The summed E-state index contributed by atoms with van der Waals surface area (Å²) in [4.78, 5) is 29.0. The molecule has 0 heterocycles. The second kappa shape index (κ2) is 13.6. The van der Waals surface area contributed by atoms with Crippen molar-refractivity contribution in [2.45, 2.75) is 45.3 Å². The van der Waals surface area contributed by atoms with Gasteiger partial charge in [-0.25, -0.2) is 12.8 Å². The summed E-state index contributed by atoms with van der Waals surface area (Å²) in [6.45, 7) is 3.30. The Bertz CT molecular complexity index is 1370. The van der Waals surface area contributed by atoms with Gasteiger partial charge in [-0.2, -0.15) is 0 Å². The summed E-state index contributed by atoms with van der Waals surface area (Å²) in [7, 11) is -3.97. The third kappa shape index (κ3) is 8.53. The normalized spacial score (nSPS) is 12.8. The van der Waals surface area contributed by atoms with Gasteiger partial charge in [0.1, 0.15) is 18.4 Å². The van der Waals surface area contributed by atoms with Gasteiger partial charge in [0, 0.05) is 19.0 Å². The lowest BCUT2D eigenvalue weighted by Crippen LogP contribution is -2.54. The van der Waals surface area contributed by atoms with Crippen molar-refractivity contribution in [1.29, 1.82) is 0 Å². The van der Waals surface area contributed by atoms with Crippen molar-refractivity contribution < 1.29 is 22.4 Å². The minimum atomic E-state index is -3.97. The lowest BCUT2D eigenvalue weighted by molar-refractivity contribution is -0.140. The van der Waals surface area contributed by atoms with Gasteiger partial charge < -0.3 is 10.2 Å². The van der Waals surface area contributed by atoms with Gasteiger partial charge in [-0.15, -0.1) is 0 Å². The van der Waals surface area contributed by atoms with Crippen LogP contribution in [0.4, 0.5) is 10.1 Å². The predicted molar refractivity (Wildman–Crippen MR) is 152 cm³/mol. The van der Waals surface area contributed by atoms with Gasteiger partial charge >= 0.3 is 0 Å². The largest absolute Gasteiger partial charge is 0.352 e. The van der Waals surface area contributed by atoms with Crippen LogP contribution in [0.5, 0.6) is 0 Å². The average Bonchev–Trinajstić information content (AvgIpc) is 2.91. The highest BCUT2D eigenvalue weighted by Crippen LogP contribution is 2.25. The van der Waals surface area contributed by atoms with Crippen LogP contribution in [0.3, 0.4) is 0 Å². The maximum atomic E-state index is 14.0. The van der Waals surface area contributed by atoms with Crippen LogP contribution in [0.2, 0.25) is 5.02 Å². The molecule has 3 aromatic rings. The van der Waals surface area contributed by atoms with E-state index >= 15 is 0 Å². The molecule has 0 saturated carbocycles. The van der Waals surface area contributed by atoms with E-state index in [4.69, 9.17) is 11.6 Å². The molecule has 2 atom stereocenters. The van der Waals surface area contributed by atoms with Crippen LogP contribution in [0.1, 0.15) is 31.4 Å². The molecule has 0 fully saturated rings.